The minimum Gasteiger partial charge on any atom is -0.544 e. The maximum Gasteiger partial charge on any atom is 1.00 e. The van der Waals surface area contributed by atoms with Gasteiger partial charge in [0, 0.05) is 0 Å². The van der Waals surface area contributed by atoms with Crippen LogP contribution in [0.25, 0.3) is 0 Å². The van der Waals surface area contributed by atoms with Crippen molar-refractivity contribution in [1.82, 2.24) is 0 Å². The Bertz CT molecular complexity index is 707. The number of carbonyl (C=O) groups is 1. The Morgan fingerprint density at radius 2 is 0.594 bits per heavy atom. The van der Waals surface area contributed by atoms with Gasteiger partial charge in [-0.15, -0.1) is 0 Å². The molecule has 0 radical (unpaired) electrons. The van der Waals surface area contributed by atoms with E-state index in [9.17, 15) is 93.3 Å². The molecule has 0 aliphatic carbocycles. The molecule has 0 saturated carbocycles. The predicted octanol–water partition coefficient (Wildman–Crippen LogP) is 1.38. The molecule has 0 fully saturated rings. The average molecular weight is 536 g/mol. The van der Waals surface area contributed by atoms with Gasteiger partial charge in [-0.05, 0) is 0 Å². The van der Waals surface area contributed by atoms with Crippen LogP contribution in [0.1, 0.15) is 0 Å². The topological polar surface area (TPSA) is 40.1 Å². The maximum atomic E-state index is 13.1. The Morgan fingerprint density at radius 1 is 0.406 bits per heavy atom. The second-order valence-electron chi connectivity index (χ2n) is 5.38. The Hall–Kier alpha value is -0.860. The average Bonchev–Trinajstić information content (AvgIpc) is 2.52. The van der Waals surface area contributed by atoms with Crippen LogP contribution >= 0.6 is 0 Å². The van der Waals surface area contributed by atoms with Crippen LogP contribution in [0.15, 0.2) is 0 Å². The molecule has 0 aliphatic rings. The van der Waals surface area contributed by atoms with Crippen molar-refractivity contribution in [1.29, 1.82) is 0 Å². The van der Waals surface area contributed by atoms with E-state index in [1.165, 1.54) is 0 Å². The van der Waals surface area contributed by atoms with Crippen molar-refractivity contribution < 1.29 is 123 Å². The molecule has 0 amide bonds. The molecule has 0 aromatic rings. The second kappa shape index (κ2) is 8.12. The maximum absolute atomic E-state index is 13.1. The minimum absolute atomic E-state index is 0. The largest absolute Gasteiger partial charge is 1.00 e. The number of halogens is 19. The fourth-order valence-corrected chi connectivity index (χ4v) is 1.49. The van der Waals surface area contributed by atoms with Crippen LogP contribution in [-0.2, 0) is 4.79 Å². The summed E-state index contributed by atoms with van der Waals surface area (Å²) in [7, 11) is 0. The third-order valence-electron chi connectivity index (χ3n) is 3.37. The van der Waals surface area contributed by atoms with Crippen molar-refractivity contribution in [2.24, 2.45) is 0 Å². The zero-order valence-corrected chi connectivity index (χ0v) is 16.0. The van der Waals surface area contributed by atoms with Gasteiger partial charge in [0.15, 0.2) is 0 Å². The van der Waals surface area contributed by atoms with Crippen molar-refractivity contribution in [3.63, 3.8) is 0 Å². The molecule has 0 rings (SSSR count). The van der Waals surface area contributed by atoms with Crippen LogP contribution in [0, 0.1) is 0 Å². The first-order chi connectivity index (χ1) is 12.9. The molecule has 0 saturated heterocycles. The zero-order valence-electron chi connectivity index (χ0n) is 14.0. The molecule has 2 nitrogen and oxygen atoms in total. The molecule has 0 aromatic heterocycles. The van der Waals surface area contributed by atoms with E-state index in [0.29, 0.717) is 0 Å². The first kappa shape index (κ1) is 33.3. The Balaban J connectivity index is 0. The van der Waals surface area contributed by atoms with Crippen molar-refractivity contribution in [2.75, 3.05) is 0 Å². The number of hydrogen-bond acceptors (Lipinski definition) is 2. The van der Waals surface area contributed by atoms with Gasteiger partial charge in [0.05, 0.1) is 0 Å². The van der Waals surface area contributed by atoms with Gasteiger partial charge in [-0.3, -0.25) is 0 Å². The van der Waals surface area contributed by atoms with Crippen LogP contribution in [-0.4, -0.2) is 59.5 Å². The van der Waals surface area contributed by atoms with E-state index in [1.807, 2.05) is 0 Å². The van der Waals surface area contributed by atoms with E-state index >= 15 is 0 Å². The molecular formula is C10F19NaO2. The van der Waals surface area contributed by atoms with Gasteiger partial charge in [0.25, 0.3) is 0 Å². The molecule has 0 aromatic carbocycles. The van der Waals surface area contributed by atoms with Gasteiger partial charge in [-0.2, -0.15) is 83.4 Å². The van der Waals surface area contributed by atoms with E-state index < -0.39 is 59.5 Å². The zero-order chi connectivity index (χ0) is 26.1. The molecule has 0 aliphatic heterocycles. The Labute approximate surface area is 183 Å². The number of hydrogen-bond donors (Lipinski definition) is 0. The Morgan fingerprint density at radius 3 is 0.781 bits per heavy atom. The van der Waals surface area contributed by atoms with Crippen molar-refractivity contribution >= 4 is 5.97 Å². The molecular weight excluding hydrogens is 536 g/mol. The molecule has 0 bridgehead atoms. The third-order valence-corrected chi connectivity index (χ3v) is 3.37. The van der Waals surface area contributed by atoms with E-state index in [2.05, 4.69) is 0 Å². The molecule has 0 atom stereocenters. The summed E-state index contributed by atoms with van der Waals surface area (Å²) in [5.74, 6) is -73.8. The van der Waals surface area contributed by atoms with Gasteiger partial charge in [0.1, 0.15) is 5.97 Å². The van der Waals surface area contributed by atoms with E-state index in [1.54, 1.807) is 0 Å². The van der Waals surface area contributed by atoms with E-state index in [4.69, 9.17) is 0 Å². The summed E-state index contributed by atoms with van der Waals surface area (Å²) in [6.45, 7) is 0. The van der Waals surface area contributed by atoms with Crippen LogP contribution < -0.4 is 34.7 Å². The number of carboxylic acids is 1. The van der Waals surface area contributed by atoms with Gasteiger partial charge >= 0.3 is 83.1 Å². The second-order valence-corrected chi connectivity index (χ2v) is 5.38. The summed E-state index contributed by atoms with van der Waals surface area (Å²) in [6.07, 6.45) is -7.96. The van der Waals surface area contributed by atoms with Crippen LogP contribution in [0.2, 0.25) is 0 Å². The summed E-state index contributed by atoms with van der Waals surface area (Å²) in [5, 5.41) is 9.69. The molecule has 0 spiro atoms. The van der Waals surface area contributed by atoms with Crippen LogP contribution in [0.4, 0.5) is 83.4 Å². The van der Waals surface area contributed by atoms with Crippen molar-refractivity contribution in [2.45, 2.75) is 53.6 Å². The van der Waals surface area contributed by atoms with Gasteiger partial charge in [0.2, 0.25) is 0 Å². The molecule has 22 heteroatoms. The third kappa shape index (κ3) is 3.88. The Kier molecular flexibility index (Phi) is 8.45. The van der Waals surface area contributed by atoms with Crippen LogP contribution in [0.3, 0.4) is 0 Å². The molecule has 0 N–H and O–H groups in total. The number of carboxylic acid groups (broad SMARTS) is 1. The summed E-state index contributed by atoms with van der Waals surface area (Å²) >= 11 is 0. The first-order valence-corrected chi connectivity index (χ1v) is 6.25. The number of carbonyl (C=O) groups excluding carboxylic acids is 1. The van der Waals surface area contributed by atoms with Gasteiger partial charge < -0.3 is 9.90 Å². The quantitative estimate of drug-likeness (QED) is 0.348. The number of rotatable bonds is 8. The van der Waals surface area contributed by atoms with Gasteiger partial charge in [-0.25, -0.2) is 0 Å². The summed E-state index contributed by atoms with van der Waals surface area (Å²) in [6, 6.07) is 0. The molecule has 0 unspecified atom stereocenters. The minimum atomic E-state index is -9.08. The summed E-state index contributed by atoms with van der Waals surface area (Å²) < 4.78 is 241. The van der Waals surface area contributed by atoms with E-state index in [0.717, 1.165) is 0 Å². The number of aliphatic carboxylic acids is 1. The normalized spacial score (nSPS) is 16.0. The smallest absolute Gasteiger partial charge is 0.544 e. The fraction of sp³-hybridized carbons (Fsp3) is 0.900. The molecule has 0 heterocycles. The van der Waals surface area contributed by atoms with Crippen molar-refractivity contribution in [3.8, 4) is 0 Å². The van der Waals surface area contributed by atoms with Crippen LogP contribution in [0.5, 0.6) is 0 Å². The fourth-order valence-electron chi connectivity index (χ4n) is 1.49. The summed E-state index contributed by atoms with van der Waals surface area (Å²) in [4.78, 5) is 9.69. The van der Waals surface area contributed by atoms with Gasteiger partial charge in [-0.1, -0.05) is 0 Å². The van der Waals surface area contributed by atoms with Crippen molar-refractivity contribution in [3.05, 3.63) is 0 Å². The SMILES string of the molecule is O=C([O-])C(F)(F)C(F)(F)C(F)(F)C(F)(F)C(F)(F)C(F)(F)C(F)(F)C(F)(F)C(F)(F)F.[Na+]. The summed E-state index contributed by atoms with van der Waals surface area (Å²) in [5.41, 5.74) is 0. The standard InChI is InChI=1S/C10HF19O2.Na/c11-2(12,1(30)31)3(13,14)4(15,16)5(17,18)6(19,20)7(21,22)8(23,24)9(25,26)10(27,28)29;/h(H,30,31);/q;+1/p-1. The molecule has 32 heavy (non-hydrogen) atoms. The predicted molar refractivity (Wildman–Crippen MR) is 50.6 cm³/mol. The monoisotopic (exact) mass is 536 g/mol. The van der Waals surface area contributed by atoms with E-state index in [-0.39, 0.29) is 29.6 Å². The number of alkyl halides is 19. The molecule has 186 valence electrons. The first-order valence-electron chi connectivity index (χ1n) is 6.25.